The van der Waals surface area contributed by atoms with Gasteiger partial charge in [0.2, 0.25) is 0 Å². The summed E-state index contributed by atoms with van der Waals surface area (Å²) in [6.07, 6.45) is 4.01. The monoisotopic (exact) mass is 308 g/mol. The predicted molar refractivity (Wildman–Crippen MR) is 83.7 cm³/mol. The number of anilines is 1. The summed E-state index contributed by atoms with van der Waals surface area (Å²) in [4.78, 5) is 2.04. The molecule has 2 saturated heterocycles. The molecule has 0 aliphatic carbocycles. The third-order valence-electron chi connectivity index (χ3n) is 4.56. The minimum absolute atomic E-state index is 0.139. The van der Waals surface area contributed by atoms with Gasteiger partial charge >= 0.3 is 0 Å². The number of alkyl halides is 1. The molecule has 1 aromatic heterocycles. The molecule has 0 spiro atoms. The Morgan fingerprint density at radius 3 is 2.77 bits per heavy atom. The highest BCUT2D eigenvalue weighted by atomic mass is 19.1. The van der Waals surface area contributed by atoms with Gasteiger partial charge in [-0.2, -0.15) is 5.10 Å². The van der Waals surface area contributed by atoms with Crippen molar-refractivity contribution in [1.29, 1.82) is 0 Å². The number of nitrogens with one attached hydrogen (secondary N) is 1. The predicted octanol–water partition coefficient (Wildman–Crippen LogP) is 1.94. The van der Waals surface area contributed by atoms with Crippen LogP contribution in [0.3, 0.4) is 0 Å². The summed E-state index contributed by atoms with van der Waals surface area (Å²) in [7, 11) is 0. The molecule has 122 valence electrons. The maximum atomic E-state index is 13.9. The summed E-state index contributed by atoms with van der Waals surface area (Å²) in [5, 5.41) is 11.6. The Hall–Kier alpha value is -1.27. The molecule has 5 nitrogen and oxygen atoms in total. The zero-order valence-electron chi connectivity index (χ0n) is 13.3. The Kier molecular flexibility index (Phi) is 4.88. The van der Waals surface area contributed by atoms with E-state index in [1.165, 1.54) is 0 Å². The first-order valence-electron chi connectivity index (χ1n) is 8.19. The van der Waals surface area contributed by atoms with E-state index in [4.69, 9.17) is 4.74 Å². The summed E-state index contributed by atoms with van der Waals surface area (Å²) in [6.45, 7) is 5.42. The van der Waals surface area contributed by atoms with E-state index in [1.54, 1.807) is 6.20 Å². The van der Waals surface area contributed by atoms with Crippen molar-refractivity contribution in [2.45, 2.75) is 63.6 Å². The Bertz CT molecular complexity index is 464. The molecule has 2 aliphatic rings. The average molecular weight is 308 g/mol. The van der Waals surface area contributed by atoms with Crippen molar-refractivity contribution in [2.75, 3.05) is 18.0 Å². The molecule has 0 radical (unpaired) electrons. The van der Waals surface area contributed by atoms with Crippen LogP contribution in [0.1, 0.15) is 33.1 Å². The van der Waals surface area contributed by atoms with Crippen LogP contribution in [0.15, 0.2) is 18.3 Å². The fourth-order valence-corrected chi connectivity index (χ4v) is 3.65. The zero-order chi connectivity index (χ0) is 15.5. The van der Waals surface area contributed by atoms with Crippen molar-refractivity contribution >= 4 is 5.82 Å². The van der Waals surface area contributed by atoms with Crippen LogP contribution in [0.25, 0.3) is 0 Å². The van der Waals surface area contributed by atoms with Gasteiger partial charge in [0.1, 0.15) is 6.17 Å². The Morgan fingerprint density at radius 2 is 2.09 bits per heavy atom. The van der Waals surface area contributed by atoms with Crippen LogP contribution < -0.4 is 10.2 Å². The molecule has 0 amide bonds. The lowest BCUT2D eigenvalue weighted by atomic mass is 9.99. The quantitative estimate of drug-likeness (QED) is 0.921. The molecule has 2 fully saturated rings. The van der Waals surface area contributed by atoms with Crippen LogP contribution in [0, 0.1) is 0 Å². The molecule has 1 aromatic rings. The van der Waals surface area contributed by atoms with Gasteiger partial charge in [0.05, 0.1) is 18.8 Å². The molecule has 2 aliphatic heterocycles. The Labute approximate surface area is 131 Å². The molecular weight excluding hydrogens is 283 g/mol. The molecule has 1 N–H and O–H groups in total. The van der Waals surface area contributed by atoms with Crippen LogP contribution in [-0.4, -0.2) is 53.8 Å². The van der Waals surface area contributed by atoms with Gasteiger partial charge in [0, 0.05) is 31.2 Å². The van der Waals surface area contributed by atoms with Crippen LogP contribution in [0.2, 0.25) is 0 Å². The minimum Gasteiger partial charge on any atom is -0.375 e. The first-order chi connectivity index (χ1) is 10.6. The molecule has 4 atom stereocenters. The molecule has 3 heterocycles. The molecule has 0 saturated carbocycles. The number of aromatic nitrogens is 2. The van der Waals surface area contributed by atoms with Gasteiger partial charge in [-0.15, -0.1) is 5.10 Å². The van der Waals surface area contributed by atoms with Crippen molar-refractivity contribution in [3.8, 4) is 0 Å². The average Bonchev–Trinajstić information content (AvgIpc) is 2.86. The summed E-state index contributed by atoms with van der Waals surface area (Å²) in [5.41, 5.74) is 0. The van der Waals surface area contributed by atoms with Gasteiger partial charge in [0.25, 0.3) is 0 Å². The van der Waals surface area contributed by atoms with Crippen LogP contribution in [-0.2, 0) is 4.74 Å². The van der Waals surface area contributed by atoms with Gasteiger partial charge < -0.3 is 15.0 Å². The van der Waals surface area contributed by atoms with E-state index < -0.39 is 6.17 Å². The van der Waals surface area contributed by atoms with Crippen molar-refractivity contribution in [3.63, 3.8) is 0 Å². The first-order valence-corrected chi connectivity index (χ1v) is 8.19. The lowest BCUT2D eigenvalue weighted by Gasteiger charge is -2.34. The number of nitrogens with zero attached hydrogens (tertiary/aromatic N) is 3. The van der Waals surface area contributed by atoms with Crippen molar-refractivity contribution < 1.29 is 9.13 Å². The van der Waals surface area contributed by atoms with Crippen LogP contribution in [0.5, 0.6) is 0 Å². The number of ether oxygens (including phenoxy) is 1. The highest BCUT2D eigenvalue weighted by Gasteiger charge is 2.34. The van der Waals surface area contributed by atoms with E-state index in [2.05, 4.69) is 29.4 Å². The number of hydrogen-bond acceptors (Lipinski definition) is 5. The molecular formula is C16H25FN4O. The normalized spacial score (nSPS) is 35.8. The second kappa shape index (κ2) is 6.87. The number of halogens is 1. The van der Waals surface area contributed by atoms with Crippen molar-refractivity contribution in [3.05, 3.63) is 18.3 Å². The minimum atomic E-state index is -0.790. The van der Waals surface area contributed by atoms with E-state index in [-0.39, 0.29) is 18.2 Å². The van der Waals surface area contributed by atoms with Gasteiger partial charge in [-0.3, -0.25) is 0 Å². The third-order valence-corrected chi connectivity index (χ3v) is 4.56. The summed E-state index contributed by atoms with van der Waals surface area (Å²) in [6, 6.07) is 4.33. The van der Waals surface area contributed by atoms with E-state index in [0.717, 1.165) is 25.2 Å². The Balaban J connectivity index is 1.58. The Morgan fingerprint density at radius 1 is 1.32 bits per heavy atom. The smallest absolute Gasteiger partial charge is 0.151 e. The zero-order valence-corrected chi connectivity index (χ0v) is 13.3. The van der Waals surface area contributed by atoms with E-state index >= 15 is 0 Å². The fourth-order valence-electron chi connectivity index (χ4n) is 3.65. The SMILES string of the molecule is C[C@H]1CC(NC[C@@H]2C[C@H](F)CN2c2cccnn2)C[C@H](C)O1. The van der Waals surface area contributed by atoms with E-state index in [9.17, 15) is 4.39 Å². The highest BCUT2D eigenvalue weighted by molar-refractivity contribution is 5.40. The van der Waals surface area contributed by atoms with E-state index in [1.807, 2.05) is 17.0 Å². The summed E-state index contributed by atoms with van der Waals surface area (Å²) >= 11 is 0. The van der Waals surface area contributed by atoms with Gasteiger partial charge in [-0.05, 0) is 38.8 Å². The second-order valence-electron chi connectivity index (χ2n) is 6.55. The molecule has 3 rings (SSSR count). The molecule has 0 bridgehead atoms. The number of hydrogen-bond donors (Lipinski definition) is 1. The maximum absolute atomic E-state index is 13.9. The van der Waals surface area contributed by atoms with Crippen molar-refractivity contribution in [2.24, 2.45) is 0 Å². The highest BCUT2D eigenvalue weighted by Crippen LogP contribution is 2.26. The van der Waals surface area contributed by atoms with Gasteiger partial charge in [-0.25, -0.2) is 4.39 Å². The molecule has 0 unspecified atom stereocenters. The number of rotatable bonds is 4. The molecule has 6 heteroatoms. The largest absolute Gasteiger partial charge is 0.375 e. The molecule has 22 heavy (non-hydrogen) atoms. The first kappa shape index (κ1) is 15.6. The van der Waals surface area contributed by atoms with Gasteiger partial charge in [0.15, 0.2) is 5.82 Å². The summed E-state index contributed by atoms with van der Waals surface area (Å²) < 4.78 is 19.6. The van der Waals surface area contributed by atoms with E-state index in [0.29, 0.717) is 19.0 Å². The van der Waals surface area contributed by atoms with Crippen LogP contribution >= 0.6 is 0 Å². The topological polar surface area (TPSA) is 50.3 Å². The standard InChI is InChI=1S/C16H25FN4O/c1-11-6-14(7-12(2)22-11)18-9-15-8-13(17)10-21(15)16-4-3-5-19-20-16/h3-5,11-15,18H,6-10H2,1-2H3/t11-,12-,13-,15-/m0/s1. The summed E-state index contributed by atoms with van der Waals surface area (Å²) in [5.74, 6) is 0.767. The van der Waals surface area contributed by atoms with Gasteiger partial charge in [-0.1, -0.05) is 0 Å². The lowest BCUT2D eigenvalue weighted by molar-refractivity contribution is -0.0421. The molecule has 0 aromatic carbocycles. The maximum Gasteiger partial charge on any atom is 0.151 e. The van der Waals surface area contributed by atoms with Crippen molar-refractivity contribution in [1.82, 2.24) is 15.5 Å². The second-order valence-corrected chi connectivity index (χ2v) is 6.55. The third kappa shape index (κ3) is 3.73. The van der Waals surface area contributed by atoms with Crippen LogP contribution in [0.4, 0.5) is 10.2 Å². The fraction of sp³-hybridized carbons (Fsp3) is 0.750. The lowest BCUT2D eigenvalue weighted by Crippen LogP contribution is -2.46.